The molecule has 0 saturated carbocycles. The van der Waals surface area contributed by atoms with Crippen LogP contribution >= 0.6 is 0 Å². The van der Waals surface area contributed by atoms with Gasteiger partial charge in [-0.2, -0.15) is 5.10 Å². The van der Waals surface area contributed by atoms with Crippen LogP contribution in [0.2, 0.25) is 0 Å². The molecule has 0 saturated heterocycles. The van der Waals surface area contributed by atoms with Crippen molar-refractivity contribution in [2.24, 2.45) is 0 Å². The van der Waals surface area contributed by atoms with Crippen molar-refractivity contribution in [3.8, 4) is 11.3 Å². The first-order chi connectivity index (χ1) is 15.5. The molecule has 1 amide bonds. The molecule has 4 rings (SSSR count). The molecule has 32 heavy (non-hydrogen) atoms. The van der Waals surface area contributed by atoms with Crippen molar-refractivity contribution in [2.75, 3.05) is 11.4 Å². The molecule has 2 heterocycles. The van der Waals surface area contributed by atoms with Gasteiger partial charge in [0.15, 0.2) is 11.4 Å². The molecule has 0 aliphatic carbocycles. The van der Waals surface area contributed by atoms with Crippen molar-refractivity contribution in [3.05, 3.63) is 96.3 Å². The van der Waals surface area contributed by atoms with Gasteiger partial charge in [0.05, 0.1) is 17.5 Å². The molecule has 0 aliphatic heterocycles. The van der Waals surface area contributed by atoms with Crippen molar-refractivity contribution in [1.82, 2.24) is 14.6 Å². The minimum Gasteiger partial charge on any atom is -0.309 e. The second kappa shape index (κ2) is 8.98. The number of hydrogen-bond donors (Lipinski definition) is 0. The molecular weight excluding hydrogens is 400 g/mol. The number of hydrogen-bond acceptors (Lipinski definition) is 4. The predicted molar refractivity (Wildman–Crippen MR) is 126 cm³/mol. The number of fused-ring (bicyclic) bond motifs is 1. The maximum Gasteiger partial charge on any atom is 0.226 e. The van der Waals surface area contributed by atoms with Crippen molar-refractivity contribution in [2.45, 2.75) is 20.3 Å². The van der Waals surface area contributed by atoms with Crippen LogP contribution in [0.15, 0.2) is 79.6 Å². The van der Waals surface area contributed by atoms with Crippen LogP contribution in [0.25, 0.3) is 16.9 Å². The van der Waals surface area contributed by atoms with E-state index in [0.29, 0.717) is 29.7 Å². The zero-order valence-electron chi connectivity index (χ0n) is 18.2. The van der Waals surface area contributed by atoms with E-state index in [1.54, 1.807) is 27.9 Å². The lowest BCUT2D eigenvalue weighted by atomic mass is 10.0. The van der Waals surface area contributed by atoms with Gasteiger partial charge in [0.2, 0.25) is 5.91 Å². The Morgan fingerprint density at radius 2 is 1.91 bits per heavy atom. The molecule has 0 bridgehead atoms. The minimum absolute atomic E-state index is 0.0204. The second-order valence-corrected chi connectivity index (χ2v) is 7.52. The SMILES string of the molecule is C=CCN(C(=O)CC)c1cccc(-c2ccnc3c(C(=O)c4ccc(C)cc4)cnn23)c1. The van der Waals surface area contributed by atoms with E-state index in [0.717, 1.165) is 22.5 Å². The maximum absolute atomic E-state index is 13.1. The number of amides is 1. The van der Waals surface area contributed by atoms with Gasteiger partial charge in [-0.3, -0.25) is 9.59 Å². The largest absolute Gasteiger partial charge is 0.309 e. The number of carbonyl (C=O) groups is 2. The lowest BCUT2D eigenvalue weighted by Gasteiger charge is -2.21. The van der Waals surface area contributed by atoms with Gasteiger partial charge < -0.3 is 4.90 Å². The van der Waals surface area contributed by atoms with E-state index in [2.05, 4.69) is 16.7 Å². The van der Waals surface area contributed by atoms with Crippen molar-refractivity contribution >= 4 is 23.0 Å². The molecule has 0 spiro atoms. The highest BCUT2D eigenvalue weighted by Crippen LogP contribution is 2.26. The van der Waals surface area contributed by atoms with E-state index in [1.807, 2.05) is 68.4 Å². The summed E-state index contributed by atoms with van der Waals surface area (Å²) in [5.41, 5.74) is 5.05. The van der Waals surface area contributed by atoms with Crippen LogP contribution in [0.1, 0.15) is 34.8 Å². The summed E-state index contributed by atoms with van der Waals surface area (Å²) in [6.07, 6.45) is 5.34. The minimum atomic E-state index is -0.121. The molecule has 0 atom stereocenters. The topological polar surface area (TPSA) is 67.6 Å². The highest BCUT2D eigenvalue weighted by molar-refractivity contribution is 6.12. The molecular formula is C26H24N4O2. The standard InChI is InChI=1S/C26H24N4O2/c1-4-15-29(24(31)5-2)21-8-6-7-20(16-21)23-13-14-27-26-22(17-28-30(23)26)25(32)19-11-9-18(3)10-12-19/h4,6-14,16-17H,1,5,15H2,2-3H3. The molecule has 0 aliphatic rings. The van der Waals surface area contributed by atoms with Crippen molar-refractivity contribution in [3.63, 3.8) is 0 Å². The van der Waals surface area contributed by atoms with Crippen LogP contribution in [0, 0.1) is 6.92 Å². The number of nitrogens with zero attached hydrogens (tertiary/aromatic N) is 4. The molecule has 0 N–H and O–H groups in total. The average molecular weight is 425 g/mol. The Bertz CT molecular complexity index is 1310. The Kier molecular flexibility index (Phi) is 5.94. The summed E-state index contributed by atoms with van der Waals surface area (Å²) in [6.45, 7) is 8.01. The monoisotopic (exact) mass is 424 g/mol. The van der Waals surface area contributed by atoms with Gasteiger partial charge in [-0.15, -0.1) is 6.58 Å². The Hall–Kier alpha value is -4.06. The van der Waals surface area contributed by atoms with E-state index in [-0.39, 0.29) is 11.7 Å². The molecule has 160 valence electrons. The highest BCUT2D eigenvalue weighted by Gasteiger charge is 2.19. The fraction of sp³-hybridized carbons (Fsp3) is 0.154. The Labute approximate surface area is 186 Å². The molecule has 0 radical (unpaired) electrons. The Morgan fingerprint density at radius 3 is 2.62 bits per heavy atom. The summed E-state index contributed by atoms with van der Waals surface area (Å²) in [7, 11) is 0. The molecule has 4 aromatic rings. The van der Waals surface area contributed by atoms with Crippen LogP contribution in [0.4, 0.5) is 5.69 Å². The molecule has 0 fully saturated rings. The number of aromatic nitrogens is 3. The lowest BCUT2D eigenvalue weighted by molar-refractivity contribution is -0.118. The number of ketones is 1. The molecule has 6 heteroatoms. The van der Waals surface area contributed by atoms with E-state index in [9.17, 15) is 9.59 Å². The van der Waals surface area contributed by atoms with E-state index < -0.39 is 0 Å². The fourth-order valence-corrected chi connectivity index (χ4v) is 3.64. The summed E-state index contributed by atoms with van der Waals surface area (Å²) in [5.74, 6) is -0.101. The van der Waals surface area contributed by atoms with Gasteiger partial charge >= 0.3 is 0 Å². The first kappa shape index (κ1) is 21.2. The Balaban J connectivity index is 1.77. The van der Waals surface area contributed by atoms with E-state index in [4.69, 9.17) is 0 Å². The maximum atomic E-state index is 13.1. The van der Waals surface area contributed by atoms with E-state index >= 15 is 0 Å². The molecule has 2 aromatic carbocycles. The van der Waals surface area contributed by atoms with Crippen LogP contribution in [0.5, 0.6) is 0 Å². The van der Waals surface area contributed by atoms with E-state index in [1.165, 1.54) is 0 Å². The zero-order chi connectivity index (χ0) is 22.7. The van der Waals surface area contributed by atoms with Crippen LogP contribution < -0.4 is 4.90 Å². The summed E-state index contributed by atoms with van der Waals surface area (Å²) in [6, 6.07) is 17.0. The summed E-state index contributed by atoms with van der Waals surface area (Å²) >= 11 is 0. The number of carbonyl (C=O) groups excluding carboxylic acids is 2. The van der Waals surface area contributed by atoms with Crippen LogP contribution in [-0.4, -0.2) is 32.8 Å². The summed E-state index contributed by atoms with van der Waals surface area (Å²) < 4.78 is 1.67. The van der Waals surface area contributed by atoms with Crippen molar-refractivity contribution in [1.29, 1.82) is 0 Å². The summed E-state index contributed by atoms with van der Waals surface area (Å²) in [5, 5.41) is 4.46. The number of rotatable bonds is 7. The quantitative estimate of drug-likeness (QED) is 0.314. The molecule has 6 nitrogen and oxygen atoms in total. The smallest absolute Gasteiger partial charge is 0.226 e. The molecule has 2 aromatic heterocycles. The third kappa shape index (κ3) is 3.95. The first-order valence-electron chi connectivity index (χ1n) is 10.5. The van der Waals surface area contributed by atoms with Gasteiger partial charge in [-0.1, -0.05) is 55.0 Å². The number of benzene rings is 2. The summed E-state index contributed by atoms with van der Waals surface area (Å²) in [4.78, 5) is 31.6. The first-order valence-corrected chi connectivity index (χ1v) is 10.5. The van der Waals surface area contributed by atoms with Gasteiger partial charge in [-0.05, 0) is 25.1 Å². The highest BCUT2D eigenvalue weighted by atomic mass is 16.2. The average Bonchev–Trinajstić information content (AvgIpc) is 3.26. The van der Waals surface area contributed by atoms with Gasteiger partial charge in [0, 0.05) is 36.0 Å². The fourth-order valence-electron chi connectivity index (χ4n) is 3.64. The van der Waals surface area contributed by atoms with Crippen LogP contribution in [0.3, 0.4) is 0 Å². The molecule has 0 unspecified atom stereocenters. The number of aryl methyl sites for hydroxylation is 1. The van der Waals surface area contributed by atoms with Gasteiger partial charge in [-0.25, -0.2) is 9.50 Å². The third-order valence-corrected chi connectivity index (χ3v) is 5.33. The second-order valence-electron chi connectivity index (χ2n) is 7.52. The Morgan fingerprint density at radius 1 is 1.12 bits per heavy atom. The van der Waals surface area contributed by atoms with Crippen molar-refractivity contribution < 1.29 is 9.59 Å². The lowest BCUT2D eigenvalue weighted by Crippen LogP contribution is -2.30. The van der Waals surface area contributed by atoms with Crippen LogP contribution in [-0.2, 0) is 4.79 Å². The predicted octanol–water partition coefficient (Wildman–Crippen LogP) is 4.86. The van der Waals surface area contributed by atoms with Gasteiger partial charge in [0.1, 0.15) is 0 Å². The normalized spacial score (nSPS) is 10.8. The van der Waals surface area contributed by atoms with Gasteiger partial charge in [0.25, 0.3) is 0 Å². The number of anilines is 1. The third-order valence-electron chi connectivity index (χ3n) is 5.33. The zero-order valence-corrected chi connectivity index (χ0v) is 18.2.